The van der Waals surface area contributed by atoms with E-state index < -0.39 is 36.3 Å². The molecule has 0 radical (unpaired) electrons. The van der Waals surface area contributed by atoms with Crippen molar-refractivity contribution in [2.75, 3.05) is 25.5 Å². The normalized spacial score (nSPS) is 18.6. The Morgan fingerprint density at radius 1 is 1.20 bits per heavy atom. The first-order valence-electron chi connectivity index (χ1n) is 9.98. The van der Waals surface area contributed by atoms with Gasteiger partial charge in [-0.25, -0.2) is 14.5 Å². The third kappa shape index (κ3) is 4.09. The summed E-state index contributed by atoms with van der Waals surface area (Å²) < 4.78 is 4.89. The molecule has 2 heterocycles. The summed E-state index contributed by atoms with van der Waals surface area (Å²) in [4.78, 5) is 64.0. The van der Waals surface area contributed by atoms with Crippen LogP contribution in [0.4, 0.5) is 9.80 Å². The fraction of sp³-hybridized carbons (Fsp3) is 0.550. The number of hydrogen-bond donors (Lipinski definition) is 1. The summed E-state index contributed by atoms with van der Waals surface area (Å²) in [6, 6.07) is -0.791. The van der Waals surface area contributed by atoms with Gasteiger partial charge in [-0.15, -0.1) is 11.3 Å². The quantitative estimate of drug-likeness (QED) is 0.399. The van der Waals surface area contributed by atoms with E-state index in [1.807, 2.05) is 6.92 Å². The molecule has 1 aromatic rings. The van der Waals surface area contributed by atoms with Crippen LogP contribution in [0, 0.1) is 5.92 Å². The molecule has 2 aliphatic rings. The number of hydrogen-bond acceptors (Lipinski definition) is 7. The topological polar surface area (TPSA) is 113 Å². The maximum absolute atomic E-state index is 12.6. The van der Waals surface area contributed by atoms with Gasteiger partial charge in [-0.1, -0.05) is 20.3 Å². The number of fused-ring (bicyclic) bond motifs is 1. The van der Waals surface area contributed by atoms with Crippen LogP contribution in [0.1, 0.15) is 53.9 Å². The van der Waals surface area contributed by atoms with Crippen LogP contribution in [0.15, 0.2) is 0 Å². The van der Waals surface area contributed by atoms with Crippen molar-refractivity contribution in [3.05, 3.63) is 16.0 Å². The molecule has 1 aliphatic heterocycles. The van der Waals surface area contributed by atoms with Crippen LogP contribution in [0.25, 0.3) is 0 Å². The predicted octanol–water partition coefficient (Wildman–Crippen LogP) is 2.19. The molecule has 0 aromatic carbocycles. The minimum atomic E-state index is -1.02. The second-order valence-corrected chi connectivity index (χ2v) is 8.69. The van der Waals surface area contributed by atoms with Crippen LogP contribution in [-0.4, -0.2) is 59.7 Å². The smallest absolute Gasteiger partial charge is 0.341 e. The number of imide groups is 2. The number of thiophene rings is 1. The zero-order chi connectivity index (χ0) is 22.0. The summed E-state index contributed by atoms with van der Waals surface area (Å²) in [5.74, 6) is -2.65. The first-order chi connectivity index (χ1) is 14.3. The monoisotopic (exact) mass is 435 g/mol. The highest BCUT2D eigenvalue weighted by Gasteiger charge is 2.44. The summed E-state index contributed by atoms with van der Waals surface area (Å²) in [6.07, 6.45) is 3.80. The van der Waals surface area contributed by atoms with Crippen LogP contribution < -0.4 is 5.32 Å². The van der Waals surface area contributed by atoms with E-state index in [1.54, 1.807) is 0 Å². The molecule has 1 aromatic heterocycles. The number of nitrogens with one attached hydrogen (secondary N) is 1. The van der Waals surface area contributed by atoms with Crippen molar-refractivity contribution in [2.24, 2.45) is 5.92 Å². The van der Waals surface area contributed by atoms with Gasteiger partial charge < -0.3 is 10.1 Å². The zero-order valence-electron chi connectivity index (χ0n) is 17.3. The maximum atomic E-state index is 12.6. The molecule has 1 aliphatic carbocycles. The predicted molar refractivity (Wildman–Crippen MR) is 109 cm³/mol. The Morgan fingerprint density at radius 3 is 2.57 bits per heavy atom. The summed E-state index contributed by atoms with van der Waals surface area (Å²) in [7, 11) is 1.28. The van der Waals surface area contributed by atoms with Crippen LogP contribution in [0.5, 0.6) is 0 Å². The fourth-order valence-corrected chi connectivity index (χ4v) is 5.08. The number of unbranched alkanes of at least 4 members (excludes halogenated alkanes) is 1. The lowest BCUT2D eigenvalue weighted by Crippen LogP contribution is -2.39. The standard InChI is InChI=1S/C20H25N3O6S/c1-4-5-8-22-17(25)18(26)23(20(22)28)10-14(24)21-16-15(19(27)29-3)12-7-6-11(2)9-13(12)30-16/h11H,4-10H2,1-3H3,(H,21,24). The number of ether oxygens (including phenoxy) is 1. The number of amides is 5. The van der Waals surface area contributed by atoms with E-state index >= 15 is 0 Å². The Balaban J connectivity index is 1.77. The van der Waals surface area contributed by atoms with Gasteiger partial charge in [0.15, 0.2) is 0 Å². The lowest BCUT2D eigenvalue weighted by atomic mass is 9.88. The third-order valence-electron chi connectivity index (χ3n) is 5.33. The molecule has 1 atom stereocenters. The van der Waals surface area contributed by atoms with Crippen molar-refractivity contribution < 1.29 is 28.7 Å². The molecule has 1 N–H and O–H groups in total. The molecule has 9 nitrogen and oxygen atoms in total. The molecule has 30 heavy (non-hydrogen) atoms. The van der Waals surface area contributed by atoms with E-state index in [0.29, 0.717) is 27.8 Å². The second kappa shape index (κ2) is 8.95. The van der Waals surface area contributed by atoms with E-state index in [4.69, 9.17) is 4.74 Å². The molecule has 1 saturated heterocycles. The molecule has 0 spiro atoms. The van der Waals surface area contributed by atoms with E-state index in [1.165, 1.54) is 18.4 Å². The largest absolute Gasteiger partial charge is 0.465 e. The molecule has 3 rings (SSSR count). The van der Waals surface area contributed by atoms with Gasteiger partial charge in [0.05, 0.1) is 12.7 Å². The molecular formula is C20H25N3O6S. The van der Waals surface area contributed by atoms with Gasteiger partial charge in [-0.2, -0.15) is 0 Å². The third-order valence-corrected chi connectivity index (χ3v) is 6.50. The lowest BCUT2D eigenvalue weighted by Gasteiger charge is -2.18. The number of urea groups is 1. The number of anilines is 1. The Kier molecular flexibility index (Phi) is 6.55. The number of esters is 1. The van der Waals surface area contributed by atoms with Crippen LogP contribution in [-0.2, 0) is 32.0 Å². The van der Waals surface area contributed by atoms with Gasteiger partial charge in [0, 0.05) is 11.4 Å². The summed E-state index contributed by atoms with van der Waals surface area (Å²) in [5.41, 5.74) is 1.21. The van der Waals surface area contributed by atoms with E-state index in [9.17, 15) is 24.0 Å². The molecule has 5 amide bonds. The highest BCUT2D eigenvalue weighted by molar-refractivity contribution is 7.17. The van der Waals surface area contributed by atoms with E-state index in [0.717, 1.165) is 41.0 Å². The summed E-state index contributed by atoms with van der Waals surface area (Å²) >= 11 is 1.31. The minimum Gasteiger partial charge on any atom is -0.465 e. The van der Waals surface area contributed by atoms with Crippen molar-refractivity contribution in [1.29, 1.82) is 0 Å². The Hall–Kier alpha value is -2.75. The number of methoxy groups -OCH3 is 1. The zero-order valence-corrected chi connectivity index (χ0v) is 18.1. The second-order valence-electron chi connectivity index (χ2n) is 7.58. The van der Waals surface area contributed by atoms with Gasteiger partial charge in [-0.05, 0) is 37.2 Å². The first kappa shape index (κ1) is 21.9. The lowest BCUT2D eigenvalue weighted by molar-refractivity contribution is -0.143. The average Bonchev–Trinajstić information content (AvgIpc) is 3.15. The molecule has 1 unspecified atom stereocenters. The van der Waals surface area contributed by atoms with Crippen molar-refractivity contribution in [2.45, 2.75) is 46.0 Å². The summed E-state index contributed by atoms with van der Waals surface area (Å²) in [6.45, 7) is 3.58. The number of carbonyl (C=O) groups excluding carboxylic acids is 5. The van der Waals surface area contributed by atoms with E-state index in [2.05, 4.69) is 12.2 Å². The Bertz CT molecular complexity index is 909. The SMILES string of the molecule is CCCCN1C(=O)C(=O)N(CC(=O)Nc2sc3c(c2C(=O)OC)CCC(C)C3)C1=O. The number of rotatable bonds is 7. The minimum absolute atomic E-state index is 0.139. The highest BCUT2D eigenvalue weighted by Crippen LogP contribution is 2.40. The van der Waals surface area contributed by atoms with Gasteiger partial charge in [0.2, 0.25) is 5.91 Å². The molecule has 162 valence electrons. The van der Waals surface area contributed by atoms with Crippen LogP contribution in [0.2, 0.25) is 0 Å². The van der Waals surface area contributed by atoms with Crippen molar-refractivity contribution in [3.8, 4) is 0 Å². The average molecular weight is 436 g/mol. The van der Waals surface area contributed by atoms with Gasteiger partial charge >= 0.3 is 23.8 Å². The molecule has 10 heteroatoms. The Morgan fingerprint density at radius 2 is 1.90 bits per heavy atom. The van der Waals surface area contributed by atoms with Gasteiger partial charge in [0.25, 0.3) is 0 Å². The maximum Gasteiger partial charge on any atom is 0.341 e. The van der Waals surface area contributed by atoms with E-state index in [-0.39, 0.29) is 6.54 Å². The van der Waals surface area contributed by atoms with Gasteiger partial charge in [0.1, 0.15) is 11.5 Å². The first-order valence-corrected chi connectivity index (χ1v) is 10.8. The van der Waals surface area contributed by atoms with Crippen molar-refractivity contribution >= 4 is 46.1 Å². The molecule has 0 saturated carbocycles. The van der Waals surface area contributed by atoms with Crippen molar-refractivity contribution in [1.82, 2.24) is 9.80 Å². The fourth-order valence-electron chi connectivity index (χ4n) is 3.67. The van der Waals surface area contributed by atoms with Crippen LogP contribution in [0.3, 0.4) is 0 Å². The van der Waals surface area contributed by atoms with Gasteiger partial charge in [-0.3, -0.25) is 19.3 Å². The molecular weight excluding hydrogens is 410 g/mol. The number of carbonyl (C=O) groups is 5. The summed E-state index contributed by atoms with van der Waals surface area (Å²) in [5, 5.41) is 2.99. The number of nitrogens with zero attached hydrogens (tertiary/aromatic N) is 2. The molecule has 1 fully saturated rings. The highest BCUT2D eigenvalue weighted by atomic mass is 32.1. The Labute approximate surface area is 178 Å². The van der Waals surface area contributed by atoms with Crippen LogP contribution >= 0.6 is 11.3 Å². The molecule has 0 bridgehead atoms. The van der Waals surface area contributed by atoms with Crippen molar-refractivity contribution in [3.63, 3.8) is 0 Å².